The minimum atomic E-state index is -4.59. The number of halogens is 5. The van der Waals surface area contributed by atoms with Gasteiger partial charge in [0.05, 0.1) is 39.3 Å². The summed E-state index contributed by atoms with van der Waals surface area (Å²) in [7, 11) is -3.50. The van der Waals surface area contributed by atoms with E-state index in [9.17, 15) is 21.6 Å². The maximum absolute atomic E-state index is 12.9. The molecule has 0 aliphatic carbocycles. The Morgan fingerprint density at radius 2 is 1.73 bits per heavy atom. The predicted molar refractivity (Wildman–Crippen MR) is 94.6 cm³/mol. The summed E-state index contributed by atoms with van der Waals surface area (Å²) in [6, 6.07) is 6.14. The summed E-state index contributed by atoms with van der Waals surface area (Å²) in [5.41, 5.74) is -0.233. The van der Waals surface area contributed by atoms with Crippen molar-refractivity contribution in [2.75, 3.05) is 11.0 Å². The van der Waals surface area contributed by atoms with Crippen LogP contribution in [-0.2, 0) is 16.2 Å². The van der Waals surface area contributed by atoms with Gasteiger partial charge in [0.2, 0.25) is 10.0 Å². The van der Waals surface area contributed by atoms with Crippen LogP contribution in [0.15, 0.2) is 36.5 Å². The first-order valence-corrected chi connectivity index (χ1v) is 9.62. The average Bonchev–Trinajstić information content (AvgIpc) is 2.87. The number of sulfonamides is 1. The molecule has 5 nitrogen and oxygen atoms in total. The van der Waals surface area contributed by atoms with E-state index >= 15 is 0 Å². The quantitative estimate of drug-likeness (QED) is 0.662. The Labute approximate surface area is 156 Å². The number of aromatic nitrogens is 2. The van der Waals surface area contributed by atoms with Gasteiger partial charge in [0.1, 0.15) is 5.69 Å². The molecule has 0 bridgehead atoms. The summed E-state index contributed by atoms with van der Waals surface area (Å²) in [5.74, 6) is 0. The summed E-state index contributed by atoms with van der Waals surface area (Å²) in [6.07, 6.45) is -2.13. The first kappa shape index (κ1) is 18.8. The zero-order valence-corrected chi connectivity index (χ0v) is 15.3. The fourth-order valence-electron chi connectivity index (χ4n) is 2.41. The molecule has 138 valence electrons. The first-order valence-electron chi connectivity index (χ1n) is 6.98. The standard InChI is InChI=1S/C15H10Cl2F3N3O2S/c1-26(24,25)22-10-3-2-8-7-21-23(13(8)6-10)14-11(16)4-9(5-12(14)17)15(18,19)20/h2-7,22H,1H3. The minimum absolute atomic E-state index is 0.0628. The van der Waals surface area contributed by atoms with E-state index in [0.717, 1.165) is 18.4 Å². The highest BCUT2D eigenvalue weighted by molar-refractivity contribution is 7.92. The van der Waals surface area contributed by atoms with Crippen LogP contribution in [0, 0.1) is 0 Å². The number of hydrogen-bond donors (Lipinski definition) is 1. The number of fused-ring (bicyclic) bond motifs is 1. The maximum Gasteiger partial charge on any atom is 0.416 e. The molecule has 0 aliphatic heterocycles. The molecule has 3 rings (SSSR count). The van der Waals surface area contributed by atoms with Crippen molar-refractivity contribution in [1.82, 2.24) is 9.78 Å². The Hall–Kier alpha value is -1.97. The Balaban J connectivity index is 2.18. The van der Waals surface area contributed by atoms with Crippen LogP contribution >= 0.6 is 23.2 Å². The van der Waals surface area contributed by atoms with E-state index in [1.165, 1.54) is 23.0 Å². The number of nitrogens with one attached hydrogen (secondary N) is 1. The Bertz CT molecular complexity index is 1090. The van der Waals surface area contributed by atoms with Crippen molar-refractivity contribution in [3.05, 3.63) is 52.1 Å². The fourth-order valence-corrected chi connectivity index (χ4v) is 3.61. The molecule has 0 amide bonds. The van der Waals surface area contributed by atoms with Crippen molar-refractivity contribution < 1.29 is 21.6 Å². The number of benzene rings is 2. The largest absolute Gasteiger partial charge is 0.416 e. The van der Waals surface area contributed by atoms with Gasteiger partial charge in [-0.25, -0.2) is 13.1 Å². The smallest absolute Gasteiger partial charge is 0.284 e. The van der Waals surface area contributed by atoms with Crippen LogP contribution in [0.3, 0.4) is 0 Å². The molecule has 1 heterocycles. The van der Waals surface area contributed by atoms with Crippen molar-refractivity contribution in [3.63, 3.8) is 0 Å². The maximum atomic E-state index is 12.9. The molecule has 0 atom stereocenters. The van der Waals surface area contributed by atoms with Crippen LogP contribution in [0.25, 0.3) is 16.6 Å². The summed E-state index contributed by atoms with van der Waals surface area (Å²) in [4.78, 5) is 0. The molecule has 0 radical (unpaired) electrons. The van der Waals surface area contributed by atoms with Crippen molar-refractivity contribution in [1.29, 1.82) is 0 Å². The molecule has 1 aromatic heterocycles. The molecule has 0 saturated heterocycles. The predicted octanol–water partition coefficient (Wildman–Crippen LogP) is 4.72. The van der Waals surface area contributed by atoms with Crippen LogP contribution in [0.5, 0.6) is 0 Å². The molecule has 26 heavy (non-hydrogen) atoms. The highest BCUT2D eigenvalue weighted by atomic mass is 35.5. The van der Waals surface area contributed by atoms with E-state index in [1.807, 2.05) is 0 Å². The molecule has 3 aromatic rings. The second kappa shape index (κ2) is 6.33. The normalized spacial score (nSPS) is 12.5. The average molecular weight is 424 g/mol. The third-order valence-electron chi connectivity index (χ3n) is 3.43. The lowest BCUT2D eigenvalue weighted by Gasteiger charge is -2.13. The van der Waals surface area contributed by atoms with Crippen molar-refractivity contribution in [2.45, 2.75) is 6.18 Å². The van der Waals surface area contributed by atoms with Gasteiger partial charge in [-0.15, -0.1) is 0 Å². The molecule has 0 saturated carbocycles. The highest BCUT2D eigenvalue weighted by Crippen LogP contribution is 2.38. The monoisotopic (exact) mass is 423 g/mol. The summed E-state index contributed by atoms with van der Waals surface area (Å²) < 4.78 is 65.0. The third-order valence-corrected chi connectivity index (χ3v) is 4.61. The number of rotatable bonds is 3. The van der Waals surface area contributed by atoms with Gasteiger partial charge in [-0.05, 0) is 30.3 Å². The molecule has 2 aromatic carbocycles. The highest BCUT2D eigenvalue weighted by Gasteiger charge is 2.32. The van der Waals surface area contributed by atoms with Gasteiger partial charge in [-0.3, -0.25) is 4.72 Å². The summed E-state index contributed by atoms with van der Waals surface area (Å²) >= 11 is 12.0. The van der Waals surface area contributed by atoms with E-state index in [-0.39, 0.29) is 21.4 Å². The zero-order chi connectivity index (χ0) is 19.3. The van der Waals surface area contributed by atoms with Gasteiger partial charge in [-0.2, -0.15) is 18.3 Å². The van der Waals surface area contributed by atoms with E-state index in [2.05, 4.69) is 9.82 Å². The molecule has 0 unspecified atom stereocenters. The lowest BCUT2D eigenvalue weighted by molar-refractivity contribution is -0.137. The van der Waals surface area contributed by atoms with Gasteiger partial charge in [0, 0.05) is 5.39 Å². The second-order valence-electron chi connectivity index (χ2n) is 5.49. The number of anilines is 1. The van der Waals surface area contributed by atoms with Crippen LogP contribution in [-0.4, -0.2) is 24.5 Å². The SMILES string of the molecule is CS(=O)(=O)Nc1ccc2cnn(-c3c(Cl)cc(C(F)(F)F)cc3Cl)c2c1. The zero-order valence-electron chi connectivity index (χ0n) is 13.0. The van der Waals surface area contributed by atoms with E-state index in [0.29, 0.717) is 10.9 Å². The molecule has 0 fully saturated rings. The van der Waals surface area contributed by atoms with E-state index in [4.69, 9.17) is 23.2 Å². The van der Waals surface area contributed by atoms with Crippen LogP contribution < -0.4 is 4.72 Å². The van der Waals surface area contributed by atoms with Gasteiger partial charge in [-0.1, -0.05) is 23.2 Å². The Kier molecular flexibility index (Phi) is 4.58. The lowest BCUT2D eigenvalue weighted by atomic mass is 10.2. The number of hydrogen-bond acceptors (Lipinski definition) is 3. The minimum Gasteiger partial charge on any atom is -0.284 e. The lowest BCUT2D eigenvalue weighted by Crippen LogP contribution is -2.09. The number of nitrogens with zero attached hydrogens (tertiary/aromatic N) is 2. The van der Waals surface area contributed by atoms with Crippen LogP contribution in [0.1, 0.15) is 5.56 Å². The first-order chi connectivity index (χ1) is 12.0. The van der Waals surface area contributed by atoms with Crippen molar-refractivity contribution in [3.8, 4) is 5.69 Å². The fraction of sp³-hybridized carbons (Fsp3) is 0.133. The second-order valence-corrected chi connectivity index (χ2v) is 8.05. The Morgan fingerprint density at radius 1 is 1.12 bits per heavy atom. The number of alkyl halides is 3. The Morgan fingerprint density at radius 3 is 2.27 bits per heavy atom. The summed E-state index contributed by atoms with van der Waals surface area (Å²) in [6.45, 7) is 0. The summed E-state index contributed by atoms with van der Waals surface area (Å²) in [5, 5.41) is 4.25. The molecular weight excluding hydrogens is 414 g/mol. The molecule has 0 aliphatic rings. The van der Waals surface area contributed by atoms with Crippen molar-refractivity contribution >= 4 is 49.8 Å². The topological polar surface area (TPSA) is 64.0 Å². The van der Waals surface area contributed by atoms with Crippen LogP contribution in [0.2, 0.25) is 10.0 Å². The van der Waals surface area contributed by atoms with Gasteiger partial charge in [0.25, 0.3) is 0 Å². The molecule has 1 N–H and O–H groups in total. The van der Waals surface area contributed by atoms with E-state index < -0.39 is 21.8 Å². The van der Waals surface area contributed by atoms with E-state index in [1.54, 1.807) is 6.07 Å². The van der Waals surface area contributed by atoms with Gasteiger partial charge in [0.15, 0.2) is 0 Å². The molecule has 11 heteroatoms. The third kappa shape index (κ3) is 3.74. The molecule has 0 spiro atoms. The molecular formula is C15H10Cl2F3N3O2S. The van der Waals surface area contributed by atoms with Gasteiger partial charge >= 0.3 is 6.18 Å². The van der Waals surface area contributed by atoms with Crippen LogP contribution in [0.4, 0.5) is 18.9 Å². The van der Waals surface area contributed by atoms with Gasteiger partial charge < -0.3 is 0 Å². The van der Waals surface area contributed by atoms with Crippen molar-refractivity contribution in [2.24, 2.45) is 0 Å².